The average molecular weight is 256 g/mol. The molecule has 3 nitrogen and oxygen atoms in total. The largest absolute Gasteiger partial charge is 0.342 e. The molecule has 0 aliphatic carbocycles. The van der Waals surface area contributed by atoms with E-state index in [0.717, 1.165) is 39.0 Å². The lowest BCUT2D eigenvalue weighted by atomic mass is 9.78. The van der Waals surface area contributed by atoms with Crippen LogP contribution in [0.15, 0.2) is 0 Å². The van der Waals surface area contributed by atoms with Crippen LogP contribution in [-0.2, 0) is 4.79 Å². The normalized spacial score (nSPS) is 23.6. The Morgan fingerprint density at radius 2 is 2.18 bits per heavy atom. The highest BCUT2D eigenvalue weighted by molar-refractivity contribution is 7.99. The van der Waals surface area contributed by atoms with Crippen LogP contribution in [-0.4, -0.2) is 48.5 Å². The van der Waals surface area contributed by atoms with Crippen LogP contribution in [0.5, 0.6) is 0 Å². The number of nitrogens with zero attached hydrogens (tertiary/aromatic N) is 1. The fourth-order valence-electron chi connectivity index (χ4n) is 2.98. The van der Waals surface area contributed by atoms with Crippen molar-refractivity contribution in [2.75, 3.05) is 37.7 Å². The van der Waals surface area contributed by atoms with Crippen LogP contribution in [0.4, 0.5) is 0 Å². The summed E-state index contributed by atoms with van der Waals surface area (Å²) in [7, 11) is 0. The summed E-state index contributed by atoms with van der Waals surface area (Å²) in [5.74, 6) is 2.77. The predicted molar refractivity (Wildman–Crippen MR) is 73.3 cm³/mol. The first kappa shape index (κ1) is 13.2. The topological polar surface area (TPSA) is 32.3 Å². The van der Waals surface area contributed by atoms with Crippen molar-refractivity contribution in [3.63, 3.8) is 0 Å². The molecule has 0 aromatic heterocycles. The maximum Gasteiger partial charge on any atom is 0.223 e. The van der Waals surface area contributed by atoms with Crippen molar-refractivity contribution in [2.24, 2.45) is 5.41 Å². The molecule has 2 fully saturated rings. The predicted octanol–water partition coefficient (Wildman–Crippen LogP) is 1.73. The van der Waals surface area contributed by atoms with Crippen LogP contribution in [0.3, 0.4) is 0 Å². The Balaban J connectivity index is 1.78. The van der Waals surface area contributed by atoms with Crippen molar-refractivity contribution in [3.8, 4) is 0 Å². The molecule has 0 aromatic rings. The fourth-order valence-corrected chi connectivity index (χ4v) is 3.60. The van der Waals surface area contributed by atoms with Gasteiger partial charge in [-0.15, -0.1) is 0 Å². The van der Waals surface area contributed by atoms with Crippen LogP contribution in [0.1, 0.15) is 32.6 Å². The molecule has 2 saturated heterocycles. The number of likely N-dealkylation sites (tertiary alicyclic amines) is 1. The molecule has 0 unspecified atom stereocenters. The zero-order valence-corrected chi connectivity index (χ0v) is 11.7. The van der Waals surface area contributed by atoms with Crippen LogP contribution < -0.4 is 5.32 Å². The van der Waals surface area contributed by atoms with Crippen LogP contribution in [0.25, 0.3) is 0 Å². The minimum Gasteiger partial charge on any atom is -0.342 e. The molecule has 1 N–H and O–H groups in total. The highest BCUT2D eigenvalue weighted by Crippen LogP contribution is 2.39. The number of carbonyl (C=O) groups is 1. The SMILES string of the molecule is CCSCCCN1CC2(CCNCC2)CC1=O. The first-order valence-electron chi connectivity index (χ1n) is 6.82. The summed E-state index contributed by atoms with van der Waals surface area (Å²) in [5, 5.41) is 3.39. The second kappa shape index (κ2) is 6.10. The highest BCUT2D eigenvalue weighted by Gasteiger charge is 2.43. The molecule has 0 saturated carbocycles. The molecule has 17 heavy (non-hydrogen) atoms. The fraction of sp³-hybridized carbons (Fsp3) is 0.923. The smallest absolute Gasteiger partial charge is 0.223 e. The number of thioether (sulfide) groups is 1. The van der Waals surface area contributed by atoms with Crippen molar-refractivity contribution < 1.29 is 4.79 Å². The third-order valence-electron chi connectivity index (χ3n) is 3.99. The van der Waals surface area contributed by atoms with Crippen LogP contribution in [0, 0.1) is 5.41 Å². The van der Waals surface area contributed by atoms with Gasteiger partial charge in [-0.25, -0.2) is 0 Å². The van der Waals surface area contributed by atoms with E-state index < -0.39 is 0 Å². The molecular weight excluding hydrogens is 232 g/mol. The maximum atomic E-state index is 12.0. The second-order valence-electron chi connectivity index (χ2n) is 5.29. The molecule has 2 aliphatic heterocycles. The number of nitrogens with one attached hydrogen (secondary N) is 1. The summed E-state index contributed by atoms with van der Waals surface area (Å²) >= 11 is 1.97. The lowest BCUT2D eigenvalue weighted by molar-refractivity contribution is -0.127. The molecule has 98 valence electrons. The molecule has 0 atom stereocenters. The first-order valence-corrected chi connectivity index (χ1v) is 7.97. The van der Waals surface area contributed by atoms with E-state index in [2.05, 4.69) is 17.1 Å². The summed E-state index contributed by atoms with van der Waals surface area (Å²) in [4.78, 5) is 14.1. The summed E-state index contributed by atoms with van der Waals surface area (Å²) in [5.41, 5.74) is 0.320. The molecule has 0 radical (unpaired) electrons. The zero-order chi connectivity index (χ0) is 12.1. The number of carbonyl (C=O) groups excluding carboxylic acids is 1. The van der Waals surface area contributed by atoms with E-state index in [1.54, 1.807) is 0 Å². The van der Waals surface area contributed by atoms with E-state index in [4.69, 9.17) is 0 Å². The molecule has 4 heteroatoms. The zero-order valence-electron chi connectivity index (χ0n) is 10.8. The van der Waals surface area contributed by atoms with Gasteiger partial charge in [-0.3, -0.25) is 4.79 Å². The van der Waals surface area contributed by atoms with Crippen LogP contribution >= 0.6 is 11.8 Å². The van der Waals surface area contributed by atoms with Crippen molar-refractivity contribution in [1.29, 1.82) is 0 Å². The third-order valence-corrected chi connectivity index (χ3v) is 4.98. The summed E-state index contributed by atoms with van der Waals surface area (Å²) in [6.45, 7) is 6.36. The van der Waals surface area contributed by atoms with Gasteiger partial charge in [0.05, 0.1) is 0 Å². The van der Waals surface area contributed by atoms with E-state index in [1.165, 1.54) is 24.3 Å². The number of amides is 1. The van der Waals surface area contributed by atoms with E-state index in [9.17, 15) is 4.79 Å². The monoisotopic (exact) mass is 256 g/mol. The van der Waals surface area contributed by atoms with E-state index in [0.29, 0.717) is 11.3 Å². The van der Waals surface area contributed by atoms with Gasteiger partial charge in [0.15, 0.2) is 0 Å². The van der Waals surface area contributed by atoms with E-state index in [-0.39, 0.29) is 0 Å². The summed E-state index contributed by atoms with van der Waals surface area (Å²) in [6.07, 6.45) is 4.31. The molecule has 2 aliphatic rings. The van der Waals surface area contributed by atoms with Gasteiger partial charge in [-0.05, 0) is 49.3 Å². The standard InChI is InChI=1S/C13H24N2OS/c1-2-17-9-3-8-15-11-13(10-12(15)16)4-6-14-7-5-13/h14H,2-11H2,1H3. The molecule has 1 amide bonds. The van der Waals surface area contributed by atoms with Crippen LogP contribution in [0.2, 0.25) is 0 Å². The highest BCUT2D eigenvalue weighted by atomic mass is 32.2. The van der Waals surface area contributed by atoms with Gasteiger partial charge in [0.1, 0.15) is 0 Å². The number of piperidine rings is 1. The molecule has 1 spiro atoms. The van der Waals surface area contributed by atoms with Crippen molar-refractivity contribution in [1.82, 2.24) is 10.2 Å². The van der Waals surface area contributed by atoms with Gasteiger partial charge in [0, 0.05) is 19.5 Å². The van der Waals surface area contributed by atoms with Crippen molar-refractivity contribution in [2.45, 2.75) is 32.6 Å². The first-order chi connectivity index (χ1) is 8.26. The second-order valence-corrected chi connectivity index (χ2v) is 6.69. The van der Waals surface area contributed by atoms with Gasteiger partial charge in [-0.1, -0.05) is 6.92 Å². The molecule has 0 aromatic carbocycles. The van der Waals surface area contributed by atoms with Crippen molar-refractivity contribution >= 4 is 17.7 Å². The number of hydrogen-bond acceptors (Lipinski definition) is 3. The Kier molecular flexibility index (Phi) is 4.74. The van der Waals surface area contributed by atoms with Gasteiger partial charge < -0.3 is 10.2 Å². The minimum atomic E-state index is 0.320. The lowest BCUT2D eigenvalue weighted by Crippen LogP contribution is -2.38. The molecular formula is C13H24N2OS. The Labute approximate surface area is 109 Å². The Morgan fingerprint density at radius 1 is 1.41 bits per heavy atom. The van der Waals surface area contributed by atoms with Gasteiger partial charge in [-0.2, -0.15) is 11.8 Å². The lowest BCUT2D eigenvalue weighted by Gasteiger charge is -2.33. The van der Waals surface area contributed by atoms with Gasteiger partial charge in [0.25, 0.3) is 0 Å². The molecule has 2 heterocycles. The Hall–Kier alpha value is -0.220. The average Bonchev–Trinajstić information content (AvgIpc) is 2.62. The summed E-state index contributed by atoms with van der Waals surface area (Å²) < 4.78 is 0. The molecule has 0 bridgehead atoms. The quantitative estimate of drug-likeness (QED) is 0.760. The minimum absolute atomic E-state index is 0.320. The van der Waals surface area contributed by atoms with Gasteiger partial charge in [0.2, 0.25) is 5.91 Å². The van der Waals surface area contributed by atoms with Crippen molar-refractivity contribution in [3.05, 3.63) is 0 Å². The third kappa shape index (κ3) is 3.38. The van der Waals surface area contributed by atoms with E-state index in [1.807, 2.05) is 11.8 Å². The number of rotatable bonds is 5. The van der Waals surface area contributed by atoms with Gasteiger partial charge >= 0.3 is 0 Å². The van der Waals surface area contributed by atoms with E-state index >= 15 is 0 Å². The maximum absolute atomic E-state index is 12.0. The number of hydrogen-bond donors (Lipinski definition) is 1. The molecule has 2 rings (SSSR count). The summed E-state index contributed by atoms with van der Waals surface area (Å²) in [6, 6.07) is 0. The Bertz CT molecular complexity index is 264. The Morgan fingerprint density at radius 3 is 2.88 bits per heavy atom.